The Labute approximate surface area is 80.8 Å². The van der Waals surface area contributed by atoms with Crippen LogP contribution in [0.15, 0.2) is 29.3 Å². The van der Waals surface area contributed by atoms with E-state index in [1.165, 1.54) is 0 Å². The molecule has 2 rings (SSSR count). The fourth-order valence-electron chi connectivity index (χ4n) is 1.13. The second-order valence-electron chi connectivity index (χ2n) is 2.52. The highest BCUT2D eigenvalue weighted by atomic mass is 35.5. The maximum Gasteiger partial charge on any atom is 0.0992 e. The molecule has 1 heterocycles. The van der Waals surface area contributed by atoms with Crippen LogP contribution in [-0.4, -0.2) is 17.3 Å². The molecule has 0 radical (unpaired) electrons. The first-order valence-corrected chi connectivity index (χ1v) is 5.16. The summed E-state index contributed by atoms with van der Waals surface area (Å²) >= 11 is 7.79. The molecule has 0 saturated heterocycles. The number of aliphatic imine (C=N–C) groups is 1. The SMILES string of the molecule is Clc1ccccc1C1=NCCS1. The van der Waals surface area contributed by atoms with Crippen LogP contribution in [0.4, 0.5) is 0 Å². The van der Waals surface area contributed by atoms with Crippen LogP contribution in [0.2, 0.25) is 5.02 Å². The van der Waals surface area contributed by atoms with Gasteiger partial charge in [0, 0.05) is 17.9 Å². The first-order valence-electron chi connectivity index (χ1n) is 3.80. The smallest absolute Gasteiger partial charge is 0.0992 e. The van der Waals surface area contributed by atoms with Crippen LogP contribution in [-0.2, 0) is 0 Å². The summed E-state index contributed by atoms with van der Waals surface area (Å²) in [6, 6.07) is 7.84. The van der Waals surface area contributed by atoms with E-state index in [4.69, 9.17) is 11.6 Å². The predicted molar refractivity (Wildman–Crippen MR) is 55.3 cm³/mol. The van der Waals surface area contributed by atoms with E-state index in [-0.39, 0.29) is 0 Å². The topological polar surface area (TPSA) is 12.4 Å². The first kappa shape index (κ1) is 8.14. The molecular formula is C9H8ClNS. The Morgan fingerprint density at radius 2 is 2.17 bits per heavy atom. The lowest BCUT2D eigenvalue weighted by Crippen LogP contribution is -1.91. The molecule has 0 bridgehead atoms. The Bertz CT molecular complexity index is 322. The van der Waals surface area contributed by atoms with E-state index in [1.54, 1.807) is 11.8 Å². The van der Waals surface area contributed by atoms with Crippen LogP contribution < -0.4 is 0 Å². The van der Waals surface area contributed by atoms with Gasteiger partial charge in [0.25, 0.3) is 0 Å². The average Bonchev–Trinajstić information content (AvgIpc) is 2.57. The zero-order valence-corrected chi connectivity index (χ0v) is 8.03. The van der Waals surface area contributed by atoms with E-state index in [2.05, 4.69) is 4.99 Å². The van der Waals surface area contributed by atoms with Crippen molar-refractivity contribution in [3.05, 3.63) is 34.9 Å². The Morgan fingerprint density at radius 3 is 2.83 bits per heavy atom. The summed E-state index contributed by atoms with van der Waals surface area (Å²) in [7, 11) is 0. The van der Waals surface area contributed by atoms with Gasteiger partial charge in [-0.2, -0.15) is 0 Å². The lowest BCUT2D eigenvalue weighted by molar-refractivity contribution is 1.17. The van der Waals surface area contributed by atoms with E-state index in [0.29, 0.717) is 0 Å². The molecule has 1 aromatic carbocycles. The number of benzene rings is 1. The fraction of sp³-hybridized carbons (Fsp3) is 0.222. The highest BCUT2D eigenvalue weighted by molar-refractivity contribution is 8.14. The van der Waals surface area contributed by atoms with Crippen molar-refractivity contribution in [2.45, 2.75) is 0 Å². The summed E-state index contributed by atoms with van der Waals surface area (Å²) in [6.45, 7) is 0.922. The number of rotatable bonds is 1. The summed E-state index contributed by atoms with van der Waals surface area (Å²) in [5, 5.41) is 1.88. The number of thioether (sulfide) groups is 1. The fourth-order valence-corrected chi connectivity index (χ4v) is 2.31. The molecule has 0 unspecified atom stereocenters. The maximum atomic E-state index is 6.01. The number of halogens is 1. The molecule has 0 aliphatic carbocycles. The summed E-state index contributed by atoms with van der Waals surface area (Å²) in [5.41, 5.74) is 1.07. The van der Waals surface area contributed by atoms with Gasteiger partial charge >= 0.3 is 0 Å². The molecular weight excluding hydrogens is 190 g/mol. The molecule has 0 N–H and O–H groups in total. The predicted octanol–water partition coefficient (Wildman–Crippen LogP) is 2.83. The Hall–Kier alpha value is -0.470. The molecule has 0 saturated carbocycles. The summed E-state index contributed by atoms with van der Waals surface area (Å²) in [6.07, 6.45) is 0. The van der Waals surface area contributed by atoms with Crippen LogP contribution >= 0.6 is 23.4 Å². The minimum atomic E-state index is 0.797. The molecule has 1 aliphatic rings. The van der Waals surface area contributed by atoms with Crippen molar-refractivity contribution in [1.82, 2.24) is 0 Å². The second kappa shape index (κ2) is 3.50. The highest BCUT2D eigenvalue weighted by Crippen LogP contribution is 2.24. The quantitative estimate of drug-likeness (QED) is 0.675. The van der Waals surface area contributed by atoms with Gasteiger partial charge in [-0.15, -0.1) is 11.8 Å². The van der Waals surface area contributed by atoms with Gasteiger partial charge in [-0.05, 0) is 6.07 Å². The van der Waals surface area contributed by atoms with Crippen LogP contribution in [0.3, 0.4) is 0 Å². The third-order valence-corrected chi connectivity index (χ3v) is 3.03. The molecule has 1 aliphatic heterocycles. The normalized spacial score (nSPS) is 16.2. The van der Waals surface area contributed by atoms with Crippen LogP contribution in [0.1, 0.15) is 5.56 Å². The van der Waals surface area contributed by atoms with Gasteiger partial charge < -0.3 is 0 Å². The van der Waals surface area contributed by atoms with Crippen molar-refractivity contribution < 1.29 is 0 Å². The summed E-state index contributed by atoms with van der Waals surface area (Å²) < 4.78 is 0. The molecule has 1 nitrogen and oxygen atoms in total. The lowest BCUT2D eigenvalue weighted by Gasteiger charge is -2.00. The van der Waals surface area contributed by atoms with E-state index in [9.17, 15) is 0 Å². The third-order valence-electron chi connectivity index (χ3n) is 1.69. The zero-order chi connectivity index (χ0) is 8.39. The number of hydrogen-bond donors (Lipinski definition) is 0. The summed E-state index contributed by atoms with van der Waals surface area (Å²) in [5.74, 6) is 1.08. The molecule has 0 aromatic heterocycles. The van der Waals surface area contributed by atoms with Gasteiger partial charge in [-0.1, -0.05) is 29.8 Å². The molecule has 62 valence electrons. The highest BCUT2D eigenvalue weighted by Gasteiger charge is 2.11. The van der Waals surface area contributed by atoms with Crippen molar-refractivity contribution in [1.29, 1.82) is 0 Å². The lowest BCUT2D eigenvalue weighted by atomic mass is 10.2. The largest absolute Gasteiger partial charge is 0.277 e. The van der Waals surface area contributed by atoms with Gasteiger partial charge in [0.05, 0.1) is 10.1 Å². The van der Waals surface area contributed by atoms with E-state index in [1.807, 2.05) is 24.3 Å². The maximum absolute atomic E-state index is 6.01. The standard InChI is InChI=1S/C9H8ClNS/c10-8-4-2-1-3-7(8)9-11-5-6-12-9/h1-4H,5-6H2. The molecule has 0 amide bonds. The van der Waals surface area contributed by atoms with Gasteiger partial charge in [-0.3, -0.25) is 4.99 Å². The average molecular weight is 198 g/mol. The first-order chi connectivity index (χ1) is 5.88. The van der Waals surface area contributed by atoms with E-state index >= 15 is 0 Å². The van der Waals surface area contributed by atoms with Gasteiger partial charge in [0.2, 0.25) is 0 Å². The van der Waals surface area contributed by atoms with Crippen molar-refractivity contribution in [3.8, 4) is 0 Å². The Morgan fingerprint density at radius 1 is 1.33 bits per heavy atom. The number of hydrogen-bond acceptors (Lipinski definition) is 2. The van der Waals surface area contributed by atoms with Crippen molar-refractivity contribution in [3.63, 3.8) is 0 Å². The molecule has 0 fully saturated rings. The van der Waals surface area contributed by atoms with Crippen LogP contribution in [0.25, 0.3) is 0 Å². The van der Waals surface area contributed by atoms with Crippen LogP contribution in [0, 0.1) is 0 Å². The molecule has 12 heavy (non-hydrogen) atoms. The zero-order valence-electron chi connectivity index (χ0n) is 6.46. The molecule has 0 spiro atoms. The monoisotopic (exact) mass is 197 g/mol. The second-order valence-corrected chi connectivity index (χ2v) is 4.01. The summed E-state index contributed by atoms with van der Waals surface area (Å²) in [4.78, 5) is 4.36. The van der Waals surface area contributed by atoms with Crippen molar-refractivity contribution >= 4 is 28.4 Å². The third kappa shape index (κ3) is 1.50. The van der Waals surface area contributed by atoms with Crippen molar-refractivity contribution in [2.75, 3.05) is 12.3 Å². The van der Waals surface area contributed by atoms with Crippen LogP contribution in [0.5, 0.6) is 0 Å². The number of nitrogens with zero attached hydrogens (tertiary/aromatic N) is 1. The van der Waals surface area contributed by atoms with Gasteiger partial charge in [-0.25, -0.2) is 0 Å². The molecule has 1 aromatic rings. The van der Waals surface area contributed by atoms with E-state index < -0.39 is 0 Å². The minimum absolute atomic E-state index is 0.797. The van der Waals surface area contributed by atoms with Crippen molar-refractivity contribution in [2.24, 2.45) is 4.99 Å². The molecule has 3 heteroatoms. The minimum Gasteiger partial charge on any atom is -0.277 e. The van der Waals surface area contributed by atoms with Gasteiger partial charge in [0.1, 0.15) is 0 Å². The molecule has 0 atom stereocenters. The Kier molecular flexibility index (Phi) is 2.38. The Balaban J connectivity index is 2.39. The van der Waals surface area contributed by atoms with Gasteiger partial charge in [0.15, 0.2) is 0 Å². The van der Waals surface area contributed by atoms with E-state index in [0.717, 1.165) is 27.9 Å².